The molecule has 0 bridgehead atoms. The van der Waals surface area contributed by atoms with Crippen molar-refractivity contribution in [2.75, 3.05) is 44.1 Å². The van der Waals surface area contributed by atoms with Gasteiger partial charge in [-0.15, -0.1) is 0 Å². The fourth-order valence-electron chi connectivity index (χ4n) is 2.06. The predicted molar refractivity (Wildman–Crippen MR) is 80.1 cm³/mol. The van der Waals surface area contributed by atoms with Gasteiger partial charge in [-0.05, 0) is 11.8 Å². The molecule has 5 nitrogen and oxygen atoms in total. The summed E-state index contributed by atoms with van der Waals surface area (Å²) >= 11 is 0. The number of nitrogens with zero attached hydrogens (tertiary/aromatic N) is 4. The quantitative estimate of drug-likeness (QED) is 0.872. The molecule has 0 aliphatic rings. The zero-order valence-corrected chi connectivity index (χ0v) is 13.6. The smallest absolute Gasteiger partial charge is 0.396 e. The van der Waals surface area contributed by atoms with E-state index in [0.29, 0.717) is 13.0 Å². The average molecular weight is 320 g/mol. The molecular weight excluding hydrogens is 297 g/mol. The van der Waals surface area contributed by atoms with Crippen LogP contribution in [0.1, 0.15) is 26.0 Å². The number of halogens is 3. The van der Waals surface area contributed by atoms with Crippen molar-refractivity contribution in [2.45, 2.75) is 26.4 Å². The van der Waals surface area contributed by atoms with Crippen molar-refractivity contribution >= 4 is 11.8 Å². The third-order valence-corrected chi connectivity index (χ3v) is 3.24. The Bertz CT molecular complexity index is 503. The fourth-order valence-corrected chi connectivity index (χ4v) is 2.06. The largest absolute Gasteiger partial charge is 0.433 e. The van der Waals surface area contributed by atoms with E-state index >= 15 is 0 Å². The lowest BCUT2D eigenvalue weighted by molar-refractivity contribution is -0.141. The number of hydrogen-bond acceptors (Lipinski definition) is 5. The van der Waals surface area contributed by atoms with Gasteiger partial charge in [0.05, 0.1) is 0 Å². The van der Waals surface area contributed by atoms with E-state index in [2.05, 4.69) is 9.97 Å². The SMILES string of the molecule is CN(C)c1cc(C(F)(F)F)nc(N(C)CC(C)(C)CCO)n1. The third kappa shape index (κ3) is 5.01. The lowest BCUT2D eigenvalue weighted by Gasteiger charge is -2.30. The molecule has 0 aromatic carbocycles. The third-order valence-electron chi connectivity index (χ3n) is 3.24. The Balaban J connectivity index is 3.15. The molecule has 1 rings (SSSR count). The Morgan fingerprint density at radius 1 is 1.14 bits per heavy atom. The number of hydrogen-bond donors (Lipinski definition) is 1. The molecule has 0 aliphatic carbocycles. The number of rotatable bonds is 6. The molecule has 8 heteroatoms. The van der Waals surface area contributed by atoms with Gasteiger partial charge < -0.3 is 14.9 Å². The number of aliphatic hydroxyl groups excluding tert-OH is 1. The van der Waals surface area contributed by atoms with Gasteiger partial charge >= 0.3 is 6.18 Å². The van der Waals surface area contributed by atoms with Gasteiger partial charge in [-0.1, -0.05) is 13.8 Å². The fraction of sp³-hybridized carbons (Fsp3) is 0.714. The zero-order valence-electron chi connectivity index (χ0n) is 13.6. The van der Waals surface area contributed by atoms with Crippen LogP contribution < -0.4 is 9.80 Å². The molecule has 126 valence electrons. The minimum absolute atomic E-state index is 0.0181. The first kappa shape index (κ1) is 18.5. The van der Waals surface area contributed by atoms with Crippen LogP contribution in [-0.4, -0.2) is 49.4 Å². The highest BCUT2D eigenvalue weighted by Crippen LogP contribution is 2.31. The van der Waals surface area contributed by atoms with E-state index in [1.165, 1.54) is 4.90 Å². The van der Waals surface area contributed by atoms with E-state index in [9.17, 15) is 13.2 Å². The second kappa shape index (κ2) is 6.68. The van der Waals surface area contributed by atoms with E-state index in [4.69, 9.17) is 5.11 Å². The van der Waals surface area contributed by atoms with E-state index in [0.717, 1.165) is 6.07 Å². The van der Waals surface area contributed by atoms with Gasteiger partial charge in [0.2, 0.25) is 5.95 Å². The van der Waals surface area contributed by atoms with E-state index in [1.807, 2.05) is 13.8 Å². The highest BCUT2D eigenvalue weighted by molar-refractivity contribution is 5.45. The summed E-state index contributed by atoms with van der Waals surface area (Å²) in [6, 6.07) is 0.927. The Kier molecular flexibility index (Phi) is 5.61. The highest BCUT2D eigenvalue weighted by Gasteiger charge is 2.34. The van der Waals surface area contributed by atoms with Crippen LogP contribution in [0.4, 0.5) is 24.9 Å². The monoisotopic (exact) mass is 320 g/mol. The summed E-state index contributed by atoms with van der Waals surface area (Å²) in [7, 11) is 4.90. The number of anilines is 2. The van der Waals surface area contributed by atoms with Crippen LogP contribution in [0, 0.1) is 5.41 Å². The molecule has 1 aromatic heterocycles. The van der Waals surface area contributed by atoms with Crippen LogP contribution >= 0.6 is 0 Å². The summed E-state index contributed by atoms with van der Waals surface area (Å²) in [4.78, 5) is 10.9. The second-order valence-electron chi connectivity index (χ2n) is 6.30. The average Bonchev–Trinajstić information content (AvgIpc) is 2.36. The molecule has 22 heavy (non-hydrogen) atoms. The molecule has 0 aliphatic heterocycles. The summed E-state index contributed by atoms with van der Waals surface area (Å²) in [5.41, 5.74) is -1.23. The van der Waals surface area contributed by atoms with E-state index in [1.54, 1.807) is 26.0 Å². The number of aromatic nitrogens is 2. The Morgan fingerprint density at radius 2 is 1.73 bits per heavy atom. The van der Waals surface area contributed by atoms with E-state index in [-0.39, 0.29) is 23.8 Å². The van der Waals surface area contributed by atoms with Gasteiger partial charge in [0, 0.05) is 40.4 Å². The summed E-state index contributed by atoms with van der Waals surface area (Å²) in [6.07, 6.45) is -3.99. The number of aliphatic hydroxyl groups is 1. The van der Waals surface area contributed by atoms with Crippen molar-refractivity contribution in [3.05, 3.63) is 11.8 Å². The maximum atomic E-state index is 13.0. The first-order chi connectivity index (χ1) is 9.96. The van der Waals surface area contributed by atoms with Gasteiger partial charge in [0.1, 0.15) is 5.82 Å². The highest BCUT2D eigenvalue weighted by atomic mass is 19.4. The second-order valence-corrected chi connectivity index (χ2v) is 6.30. The van der Waals surface area contributed by atoms with Gasteiger partial charge in [0.25, 0.3) is 0 Å². The summed E-state index contributed by atoms with van der Waals surface area (Å²) in [5.74, 6) is 0.216. The van der Waals surface area contributed by atoms with Crippen LogP contribution in [0.5, 0.6) is 0 Å². The minimum atomic E-state index is -4.52. The molecule has 0 unspecified atom stereocenters. The van der Waals surface area contributed by atoms with Crippen molar-refractivity contribution in [1.82, 2.24) is 9.97 Å². The lowest BCUT2D eigenvalue weighted by Crippen LogP contribution is -2.34. The maximum Gasteiger partial charge on any atom is 0.433 e. The molecule has 1 heterocycles. The first-order valence-corrected chi connectivity index (χ1v) is 6.92. The topological polar surface area (TPSA) is 52.5 Å². The summed E-state index contributed by atoms with van der Waals surface area (Å²) < 4.78 is 38.9. The van der Waals surface area contributed by atoms with E-state index < -0.39 is 11.9 Å². The molecule has 0 spiro atoms. The van der Waals surface area contributed by atoms with Gasteiger partial charge in [-0.2, -0.15) is 18.2 Å². The molecule has 0 radical (unpaired) electrons. The molecule has 0 fully saturated rings. The van der Waals surface area contributed by atoms with Gasteiger partial charge in [-0.25, -0.2) is 4.98 Å². The molecule has 1 aromatic rings. The Hall–Kier alpha value is -1.57. The van der Waals surface area contributed by atoms with Crippen LogP contribution in [0.2, 0.25) is 0 Å². The van der Waals surface area contributed by atoms with Crippen LogP contribution in [0.3, 0.4) is 0 Å². The van der Waals surface area contributed by atoms with Crippen molar-refractivity contribution in [1.29, 1.82) is 0 Å². The summed E-state index contributed by atoms with van der Waals surface area (Å²) in [6.45, 7) is 4.31. The van der Waals surface area contributed by atoms with Gasteiger partial charge in [0.15, 0.2) is 5.69 Å². The molecule has 1 N–H and O–H groups in total. The van der Waals surface area contributed by atoms with Crippen LogP contribution in [0.25, 0.3) is 0 Å². The van der Waals surface area contributed by atoms with Crippen molar-refractivity contribution in [3.63, 3.8) is 0 Å². The van der Waals surface area contributed by atoms with Gasteiger partial charge in [-0.3, -0.25) is 0 Å². The van der Waals surface area contributed by atoms with Crippen LogP contribution in [0.15, 0.2) is 6.07 Å². The molecule has 0 saturated carbocycles. The maximum absolute atomic E-state index is 13.0. The van der Waals surface area contributed by atoms with Crippen molar-refractivity contribution in [3.8, 4) is 0 Å². The molecule has 0 saturated heterocycles. The summed E-state index contributed by atoms with van der Waals surface area (Å²) in [5, 5.41) is 9.05. The lowest BCUT2D eigenvalue weighted by atomic mass is 9.89. The number of alkyl halides is 3. The predicted octanol–water partition coefficient (Wildman–Crippen LogP) is 2.41. The Labute approximate surface area is 128 Å². The van der Waals surface area contributed by atoms with Crippen molar-refractivity contribution in [2.24, 2.45) is 5.41 Å². The van der Waals surface area contributed by atoms with Crippen LogP contribution in [-0.2, 0) is 6.18 Å². The normalized spacial score (nSPS) is 12.4. The van der Waals surface area contributed by atoms with Crippen molar-refractivity contribution < 1.29 is 18.3 Å². The zero-order chi connectivity index (χ0) is 17.1. The molecule has 0 amide bonds. The first-order valence-electron chi connectivity index (χ1n) is 6.92. The standard InChI is InChI=1S/C14H23F3N4O/c1-13(2,6-7-22)9-21(5)12-18-10(14(15,16)17)8-11(19-12)20(3)4/h8,22H,6-7,9H2,1-5H3. The molecular formula is C14H23F3N4O. The minimum Gasteiger partial charge on any atom is -0.396 e. The Morgan fingerprint density at radius 3 is 2.18 bits per heavy atom. The molecule has 0 atom stereocenters.